The van der Waals surface area contributed by atoms with Crippen LogP contribution < -0.4 is 10.6 Å². The summed E-state index contributed by atoms with van der Waals surface area (Å²) in [6.07, 6.45) is 1.69. The lowest BCUT2D eigenvalue weighted by Gasteiger charge is -2.18. The number of anilines is 2. The molecular weight excluding hydrogens is 200 g/mol. The molecule has 2 N–H and O–H groups in total. The second-order valence-corrected chi connectivity index (χ2v) is 3.98. The van der Waals surface area contributed by atoms with Crippen molar-refractivity contribution in [1.29, 1.82) is 0 Å². The Hall–Kier alpha value is -1.90. The average molecular weight is 216 g/mol. The summed E-state index contributed by atoms with van der Waals surface area (Å²) in [6.45, 7) is 2.77. The third-order valence-electron chi connectivity index (χ3n) is 2.67. The maximum Gasteiger partial charge on any atom is 0.123 e. The van der Waals surface area contributed by atoms with E-state index in [9.17, 15) is 0 Å². The zero-order valence-electron chi connectivity index (χ0n) is 9.60. The van der Waals surface area contributed by atoms with E-state index in [0.29, 0.717) is 0 Å². The van der Waals surface area contributed by atoms with E-state index in [2.05, 4.69) is 11.0 Å². The van der Waals surface area contributed by atoms with Gasteiger partial charge in [0.1, 0.15) is 5.76 Å². The van der Waals surface area contributed by atoms with Crippen LogP contribution in [0.5, 0.6) is 0 Å². The van der Waals surface area contributed by atoms with Gasteiger partial charge in [0.2, 0.25) is 0 Å². The summed E-state index contributed by atoms with van der Waals surface area (Å²) in [5.41, 5.74) is 8.86. The Morgan fingerprint density at radius 2 is 2.12 bits per heavy atom. The lowest BCUT2D eigenvalue weighted by Crippen LogP contribution is -2.16. The first kappa shape index (κ1) is 10.6. The van der Waals surface area contributed by atoms with E-state index in [1.54, 1.807) is 6.26 Å². The average Bonchev–Trinajstić information content (AvgIpc) is 2.74. The molecule has 3 nitrogen and oxygen atoms in total. The van der Waals surface area contributed by atoms with Crippen LogP contribution in [0.3, 0.4) is 0 Å². The molecule has 1 heterocycles. The van der Waals surface area contributed by atoms with Crippen LogP contribution in [-0.2, 0) is 6.54 Å². The molecule has 0 atom stereocenters. The topological polar surface area (TPSA) is 42.4 Å². The predicted octanol–water partition coefficient (Wildman–Crippen LogP) is 2.81. The molecule has 0 saturated heterocycles. The first-order valence-corrected chi connectivity index (χ1v) is 5.26. The summed E-state index contributed by atoms with van der Waals surface area (Å²) in [6, 6.07) is 9.91. The quantitative estimate of drug-likeness (QED) is 0.802. The molecule has 0 spiro atoms. The van der Waals surface area contributed by atoms with Crippen LogP contribution >= 0.6 is 0 Å². The van der Waals surface area contributed by atoms with Gasteiger partial charge in [0, 0.05) is 18.4 Å². The summed E-state index contributed by atoms with van der Waals surface area (Å²) >= 11 is 0. The Labute approximate surface area is 95.5 Å². The monoisotopic (exact) mass is 216 g/mol. The molecule has 0 radical (unpaired) electrons. The van der Waals surface area contributed by atoms with Gasteiger partial charge >= 0.3 is 0 Å². The summed E-state index contributed by atoms with van der Waals surface area (Å²) in [4.78, 5) is 2.13. The van der Waals surface area contributed by atoms with Crippen LogP contribution in [0.2, 0.25) is 0 Å². The summed E-state index contributed by atoms with van der Waals surface area (Å²) in [5, 5.41) is 0. The number of nitrogens with zero attached hydrogens (tertiary/aromatic N) is 1. The van der Waals surface area contributed by atoms with Gasteiger partial charge in [0.15, 0.2) is 0 Å². The van der Waals surface area contributed by atoms with Crippen molar-refractivity contribution in [3.8, 4) is 0 Å². The fourth-order valence-electron chi connectivity index (χ4n) is 1.62. The van der Waals surface area contributed by atoms with Crippen molar-refractivity contribution in [2.75, 3.05) is 17.7 Å². The SMILES string of the molecule is Cc1cc(N(C)Cc2ccco2)ccc1N. The second kappa shape index (κ2) is 4.31. The molecule has 0 aliphatic heterocycles. The van der Waals surface area contributed by atoms with Crippen molar-refractivity contribution in [2.24, 2.45) is 0 Å². The second-order valence-electron chi connectivity index (χ2n) is 3.98. The molecule has 1 aromatic carbocycles. The lowest BCUT2D eigenvalue weighted by molar-refractivity contribution is 0.507. The zero-order valence-corrected chi connectivity index (χ0v) is 9.60. The lowest BCUT2D eigenvalue weighted by atomic mass is 10.1. The van der Waals surface area contributed by atoms with Gasteiger partial charge in [-0.3, -0.25) is 0 Å². The number of furan rings is 1. The minimum Gasteiger partial charge on any atom is -0.467 e. The van der Waals surface area contributed by atoms with Crippen molar-refractivity contribution >= 4 is 11.4 Å². The predicted molar refractivity (Wildman–Crippen MR) is 66.4 cm³/mol. The fourth-order valence-corrected chi connectivity index (χ4v) is 1.62. The highest BCUT2D eigenvalue weighted by Gasteiger charge is 2.05. The van der Waals surface area contributed by atoms with E-state index in [1.807, 2.05) is 38.2 Å². The van der Waals surface area contributed by atoms with Gasteiger partial charge in [-0.1, -0.05) is 0 Å². The standard InChI is InChI=1S/C13H16N2O/c1-10-8-11(5-6-13(10)14)15(2)9-12-4-3-7-16-12/h3-8H,9,14H2,1-2H3. The highest BCUT2D eigenvalue weighted by Crippen LogP contribution is 2.21. The molecule has 1 aromatic heterocycles. The normalized spacial score (nSPS) is 10.4. The van der Waals surface area contributed by atoms with Crippen LogP contribution in [0.25, 0.3) is 0 Å². The molecule has 3 heteroatoms. The Morgan fingerprint density at radius 1 is 1.31 bits per heavy atom. The van der Waals surface area contributed by atoms with Gasteiger partial charge in [-0.15, -0.1) is 0 Å². The Morgan fingerprint density at radius 3 is 2.75 bits per heavy atom. The van der Waals surface area contributed by atoms with E-state index in [4.69, 9.17) is 10.2 Å². The highest BCUT2D eigenvalue weighted by atomic mass is 16.3. The van der Waals surface area contributed by atoms with Crippen LogP contribution in [-0.4, -0.2) is 7.05 Å². The smallest absolute Gasteiger partial charge is 0.123 e. The van der Waals surface area contributed by atoms with Crippen molar-refractivity contribution in [2.45, 2.75) is 13.5 Å². The molecule has 0 bridgehead atoms. The highest BCUT2D eigenvalue weighted by molar-refractivity contribution is 5.57. The number of hydrogen-bond acceptors (Lipinski definition) is 3. The van der Waals surface area contributed by atoms with Crippen LogP contribution in [0, 0.1) is 6.92 Å². The summed E-state index contributed by atoms with van der Waals surface area (Å²) in [5.74, 6) is 0.956. The molecule has 2 rings (SSSR count). The Balaban J connectivity index is 2.14. The summed E-state index contributed by atoms with van der Waals surface area (Å²) < 4.78 is 5.31. The van der Waals surface area contributed by atoms with Gasteiger partial charge in [-0.05, 0) is 42.8 Å². The third kappa shape index (κ3) is 2.19. The molecule has 84 valence electrons. The van der Waals surface area contributed by atoms with Gasteiger partial charge in [0.25, 0.3) is 0 Å². The molecule has 16 heavy (non-hydrogen) atoms. The van der Waals surface area contributed by atoms with Crippen molar-refractivity contribution in [3.63, 3.8) is 0 Å². The van der Waals surface area contributed by atoms with E-state index in [-0.39, 0.29) is 0 Å². The van der Waals surface area contributed by atoms with E-state index >= 15 is 0 Å². The summed E-state index contributed by atoms with van der Waals surface area (Å²) in [7, 11) is 2.04. The molecular formula is C13H16N2O. The minimum absolute atomic E-state index is 0.760. The minimum atomic E-state index is 0.760. The van der Waals surface area contributed by atoms with Crippen molar-refractivity contribution in [3.05, 3.63) is 47.9 Å². The zero-order chi connectivity index (χ0) is 11.5. The van der Waals surface area contributed by atoms with Gasteiger partial charge in [-0.25, -0.2) is 0 Å². The van der Waals surface area contributed by atoms with E-state index < -0.39 is 0 Å². The molecule has 0 saturated carbocycles. The number of aryl methyl sites for hydroxylation is 1. The van der Waals surface area contributed by atoms with Crippen LogP contribution in [0.1, 0.15) is 11.3 Å². The fraction of sp³-hybridized carbons (Fsp3) is 0.231. The van der Waals surface area contributed by atoms with E-state index in [0.717, 1.165) is 29.2 Å². The van der Waals surface area contributed by atoms with Crippen LogP contribution in [0.15, 0.2) is 41.0 Å². The largest absolute Gasteiger partial charge is 0.467 e. The number of nitrogen functional groups attached to an aromatic ring is 1. The van der Waals surface area contributed by atoms with Gasteiger partial charge in [0.05, 0.1) is 12.8 Å². The maximum atomic E-state index is 5.79. The molecule has 0 fully saturated rings. The van der Waals surface area contributed by atoms with E-state index in [1.165, 1.54) is 0 Å². The number of hydrogen-bond donors (Lipinski definition) is 1. The maximum absolute atomic E-state index is 5.79. The number of rotatable bonds is 3. The van der Waals surface area contributed by atoms with Crippen LogP contribution in [0.4, 0.5) is 11.4 Å². The molecule has 0 aliphatic rings. The number of nitrogens with two attached hydrogens (primary N) is 1. The Kier molecular flexibility index (Phi) is 2.86. The molecule has 0 unspecified atom stereocenters. The molecule has 0 aliphatic carbocycles. The first-order chi connectivity index (χ1) is 7.66. The molecule has 0 amide bonds. The Bertz CT molecular complexity index is 463. The van der Waals surface area contributed by atoms with Gasteiger partial charge in [-0.2, -0.15) is 0 Å². The van der Waals surface area contributed by atoms with Crippen molar-refractivity contribution < 1.29 is 4.42 Å². The van der Waals surface area contributed by atoms with Gasteiger partial charge < -0.3 is 15.1 Å². The number of benzene rings is 1. The first-order valence-electron chi connectivity index (χ1n) is 5.26. The molecule has 2 aromatic rings. The third-order valence-corrected chi connectivity index (χ3v) is 2.67. The van der Waals surface area contributed by atoms with Crippen molar-refractivity contribution in [1.82, 2.24) is 0 Å².